The Balaban J connectivity index is 4.63. The van der Waals surface area contributed by atoms with Crippen LogP contribution < -0.4 is 0 Å². The molecule has 0 rings (SSSR count). The lowest BCUT2D eigenvalue weighted by atomic mass is 9.94. The van der Waals surface area contributed by atoms with E-state index in [-0.39, 0.29) is 6.29 Å². The predicted molar refractivity (Wildman–Crippen MR) is 40.8 cm³/mol. The first kappa shape index (κ1) is 12.5. The molecule has 0 aromatic rings. The van der Waals surface area contributed by atoms with Gasteiger partial charge >= 0.3 is 5.97 Å². The molecule has 0 aliphatic heterocycles. The first-order valence-corrected chi connectivity index (χ1v) is 3.57. The van der Waals surface area contributed by atoms with E-state index in [0.29, 0.717) is 0 Å². The molecule has 7 nitrogen and oxygen atoms in total. The number of aliphatic carboxylic acids is 1. The van der Waals surface area contributed by atoms with E-state index in [1.54, 1.807) is 0 Å². The molecule has 7 heteroatoms. The van der Waals surface area contributed by atoms with Crippen LogP contribution in [0.3, 0.4) is 0 Å². The summed E-state index contributed by atoms with van der Waals surface area (Å²) >= 11 is 0. The molecular weight excluding hydrogens is 194 g/mol. The molecule has 0 aliphatic rings. The van der Waals surface area contributed by atoms with Crippen LogP contribution in [0, 0.1) is 17.2 Å². The average molecular weight is 203 g/mol. The summed E-state index contributed by atoms with van der Waals surface area (Å²) in [7, 11) is 0. The van der Waals surface area contributed by atoms with Crippen LogP contribution in [0.5, 0.6) is 0 Å². The SMILES string of the molecule is N#C[C@@H]([C@H](O)[C@H](O)C(=O)O)[C@@H](O)C=O. The van der Waals surface area contributed by atoms with E-state index < -0.39 is 30.2 Å². The number of carbonyl (C=O) groups excluding carboxylic acids is 1. The van der Waals surface area contributed by atoms with Gasteiger partial charge in [-0.05, 0) is 0 Å². The lowest BCUT2D eigenvalue weighted by Crippen LogP contribution is -2.43. The van der Waals surface area contributed by atoms with E-state index in [1.165, 1.54) is 6.07 Å². The van der Waals surface area contributed by atoms with Crippen LogP contribution in [-0.4, -0.2) is 51.0 Å². The summed E-state index contributed by atoms with van der Waals surface area (Å²) in [6, 6.07) is 1.33. The molecule has 0 spiro atoms. The third kappa shape index (κ3) is 2.77. The van der Waals surface area contributed by atoms with Gasteiger partial charge in [0, 0.05) is 0 Å². The highest BCUT2D eigenvalue weighted by Gasteiger charge is 2.35. The quantitative estimate of drug-likeness (QED) is 0.362. The molecule has 0 aromatic carbocycles. The van der Waals surface area contributed by atoms with Gasteiger partial charge in [-0.15, -0.1) is 0 Å². The van der Waals surface area contributed by atoms with Crippen LogP contribution in [-0.2, 0) is 9.59 Å². The minimum Gasteiger partial charge on any atom is -0.479 e. The molecule has 0 saturated heterocycles. The van der Waals surface area contributed by atoms with Crippen molar-refractivity contribution in [1.82, 2.24) is 0 Å². The summed E-state index contributed by atoms with van der Waals surface area (Å²) in [6.07, 6.45) is -6.08. The van der Waals surface area contributed by atoms with Crippen LogP contribution in [0.25, 0.3) is 0 Å². The van der Waals surface area contributed by atoms with E-state index in [4.69, 9.17) is 25.7 Å². The van der Waals surface area contributed by atoms with Crippen molar-refractivity contribution in [1.29, 1.82) is 5.26 Å². The predicted octanol–water partition coefficient (Wildman–Crippen LogP) is -2.51. The van der Waals surface area contributed by atoms with Crippen molar-refractivity contribution < 1.29 is 30.0 Å². The van der Waals surface area contributed by atoms with Gasteiger partial charge in [0.25, 0.3) is 0 Å². The van der Waals surface area contributed by atoms with Crippen molar-refractivity contribution in [2.24, 2.45) is 5.92 Å². The zero-order valence-electron chi connectivity index (χ0n) is 6.94. The van der Waals surface area contributed by atoms with Crippen LogP contribution in [0.4, 0.5) is 0 Å². The highest BCUT2D eigenvalue weighted by atomic mass is 16.4. The van der Waals surface area contributed by atoms with Gasteiger partial charge in [-0.1, -0.05) is 0 Å². The van der Waals surface area contributed by atoms with E-state index in [2.05, 4.69) is 0 Å². The first-order chi connectivity index (χ1) is 6.45. The number of aliphatic hydroxyl groups excluding tert-OH is 3. The van der Waals surface area contributed by atoms with E-state index in [1.807, 2.05) is 0 Å². The van der Waals surface area contributed by atoms with Gasteiger partial charge in [0.05, 0.1) is 6.07 Å². The average Bonchev–Trinajstić information content (AvgIpc) is 2.16. The highest BCUT2D eigenvalue weighted by Crippen LogP contribution is 2.11. The number of rotatable bonds is 5. The third-order valence-corrected chi connectivity index (χ3v) is 1.60. The molecule has 0 aliphatic carbocycles. The number of aliphatic hydroxyl groups is 3. The Labute approximate surface area is 78.8 Å². The number of aldehydes is 1. The second-order valence-electron chi connectivity index (χ2n) is 2.56. The van der Waals surface area contributed by atoms with Crippen LogP contribution >= 0.6 is 0 Å². The van der Waals surface area contributed by atoms with Crippen molar-refractivity contribution >= 4 is 12.3 Å². The second kappa shape index (κ2) is 5.29. The summed E-state index contributed by atoms with van der Waals surface area (Å²) in [4.78, 5) is 20.2. The second-order valence-corrected chi connectivity index (χ2v) is 2.56. The summed E-state index contributed by atoms with van der Waals surface area (Å²) in [5.74, 6) is -3.41. The minimum atomic E-state index is -2.21. The molecule has 0 radical (unpaired) electrons. The largest absolute Gasteiger partial charge is 0.479 e. The van der Waals surface area contributed by atoms with Gasteiger partial charge in [-0.2, -0.15) is 5.26 Å². The Morgan fingerprint density at radius 1 is 1.36 bits per heavy atom. The summed E-state index contributed by atoms with van der Waals surface area (Å²) in [5.41, 5.74) is 0. The van der Waals surface area contributed by atoms with Crippen LogP contribution in [0.2, 0.25) is 0 Å². The Kier molecular flexibility index (Phi) is 4.72. The minimum absolute atomic E-state index is 0.0221. The fourth-order valence-corrected chi connectivity index (χ4v) is 0.782. The Bertz CT molecular complexity index is 259. The number of hydrogen-bond donors (Lipinski definition) is 4. The van der Waals surface area contributed by atoms with Crippen LogP contribution in [0.15, 0.2) is 0 Å². The van der Waals surface area contributed by atoms with Crippen molar-refractivity contribution in [2.45, 2.75) is 18.3 Å². The molecule has 0 unspecified atom stereocenters. The lowest BCUT2D eigenvalue weighted by molar-refractivity contribution is -0.156. The van der Waals surface area contributed by atoms with Crippen molar-refractivity contribution in [3.05, 3.63) is 0 Å². The highest BCUT2D eigenvalue weighted by molar-refractivity contribution is 5.73. The van der Waals surface area contributed by atoms with Crippen molar-refractivity contribution in [3.63, 3.8) is 0 Å². The maximum atomic E-state index is 10.2. The Hall–Kier alpha value is -1.49. The van der Waals surface area contributed by atoms with Gasteiger partial charge in [-0.25, -0.2) is 4.79 Å². The summed E-state index contributed by atoms with van der Waals surface area (Å²) in [5, 5.41) is 43.4. The summed E-state index contributed by atoms with van der Waals surface area (Å²) < 4.78 is 0. The Morgan fingerprint density at radius 2 is 1.86 bits per heavy atom. The van der Waals surface area contributed by atoms with Crippen molar-refractivity contribution in [2.75, 3.05) is 0 Å². The molecule has 78 valence electrons. The number of hydrogen-bond acceptors (Lipinski definition) is 6. The monoisotopic (exact) mass is 203 g/mol. The smallest absolute Gasteiger partial charge is 0.335 e. The topological polar surface area (TPSA) is 139 Å². The molecule has 0 amide bonds. The van der Waals surface area contributed by atoms with Gasteiger partial charge in [0.15, 0.2) is 6.10 Å². The number of carboxylic acid groups (broad SMARTS) is 1. The van der Waals surface area contributed by atoms with Crippen LogP contribution in [0.1, 0.15) is 0 Å². The number of carboxylic acids is 1. The third-order valence-electron chi connectivity index (χ3n) is 1.60. The van der Waals surface area contributed by atoms with Gasteiger partial charge in [0.1, 0.15) is 24.4 Å². The zero-order valence-corrected chi connectivity index (χ0v) is 6.94. The van der Waals surface area contributed by atoms with E-state index >= 15 is 0 Å². The standard InChI is InChI=1S/C7H9NO6/c8-1-3(4(10)2-9)5(11)6(12)7(13)14/h2-6,10-12H,(H,13,14)/t3-,4+,5+,6+/m1/s1. The Morgan fingerprint density at radius 3 is 2.14 bits per heavy atom. The number of nitrogens with zero attached hydrogens (tertiary/aromatic N) is 1. The fraction of sp³-hybridized carbons (Fsp3) is 0.571. The molecule has 0 fully saturated rings. The number of nitriles is 1. The first-order valence-electron chi connectivity index (χ1n) is 3.57. The molecule has 0 heterocycles. The van der Waals surface area contributed by atoms with Gasteiger partial charge in [-0.3, -0.25) is 0 Å². The zero-order chi connectivity index (χ0) is 11.3. The lowest BCUT2D eigenvalue weighted by Gasteiger charge is -2.20. The normalized spacial score (nSPS) is 18.7. The van der Waals surface area contributed by atoms with Crippen molar-refractivity contribution in [3.8, 4) is 6.07 Å². The molecule has 0 saturated carbocycles. The molecule has 4 N–H and O–H groups in total. The fourth-order valence-electron chi connectivity index (χ4n) is 0.782. The van der Waals surface area contributed by atoms with Gasteiger partial charge < -0.3 is 25.2 Å². The number of carbonyl (C=O) groups is 2. The molecule has 0 bridgehead atoms. The summed E-state index contributed by atoms with van der Waals surface area (Å²) in [6.45, 7) is 0. The molecule has 4 atom stereocenters. The van der Waals surface area contributed by atoms with Gasteiger partial charge in [0.2, 0.25) is 0 Å². The maximum absolute atomic E-state index is 10.2. The van der Waals surface area contributed by atoms with E-state index in [0.717, 1.165) is 0 Å². The molecule has 0 aromatic heterocycles. The molecular formula is C7H9NO6. The molecule has 14 heavy (non-hydrogen) atoms. The van der Waals surface area contributed by atoms with E-state index in [9.17, 15) is 9.59 Å². The maximum Gasteiger partial charge on any atom is 0.335 e.